The zero-order valence-electron chi connectivity index (χ0n) is 14.3. The maximum atomic E-state index is 4.57. The Morgan fingerprint density at radius 2 is 2.08 bits per heavy atom. The molecule has 4 aromatic heterocycles. The molecule has 5 rings (SSSR count). The van der Waals surface area contributed by atoms with Gasteiger partial charge in [0.1, 0.15) is 11.3 Å². The van der Waals surface area contributed by atoms with Crippen LogP contribution < -0.4 is 5.32 Å². The van der Waals surface area contributed by atoms with Crippen molar-refractivity contribution in [3.05, 3.63) is 36.3 Å². The monoisotopic (exact) mass is 365 g/mol. The van der Waals surface area contributed by atoms with Crippen molar-refractivity contribution >= 4 is 44.3 Å². The Balaban J connectivity index is 1.54. The minimum atomic E-state index is 0.708. The van der Waals surface area contributed by atoms with Crippen LogP contribution in [0.3, 0.4) is 0 Å². The van der Waals surface area contributed by atoms with Gasteiger partial charge in [0.15, 0.2) is 5.65 Å². The molecule has 0 amide bonds. The normalized spacial score (nSPS) is 15.7. The van der Waals surface area contributed by atoms with E-state index >= 15 is 0 Å². The van der Waals surface area contributed by atoms with Gasteiger partial charge in [0, 0.05) is 18.3 Å². The summed E-state index contributed by atoms with van der Waals surface area (Å²) in [6.45, 7) is 3.21. The summed E-state index contributed by atoms with van der Waals surface area (Å²) in [6.07, 6.45) is 9.38. The lowest BCUT2D eigenvalue weighted by Crippen LogP contribution is -2.29. The molecule has 0 atom stereocenters. The van der Waals surface area contributed by atoms with E-state index in [4.69, 9.17) is 0 Å². The number of nitrogens with one attached hydrogen (secondary N) is 2. The number of piperidine rings is 1. The van der Waals surface area contributed by atoms with Gasteiger partial charge in [-0.25, -0.2) is 4.98 Å². The number of pyridine rings is 2. The smallest absolute Gasteiger partial charge is 0.183 e. The maximum Gasteiger partial charge on any atom is 0.183 e. The zero-order chi connectivity index (χ0) is 17.3. The molecule has 1 aliphatic rings. The van der Waals surface area contributed by atoms with E-state index in [0.29, 0.717) is 5.65 Å². The van der Waals surface area contributed by atoms with Crippen molar-refractivity contribution in [1.29, 1.82) is 0 Å². The lowest BCUT2D eigenvalue weighted by atomic mass is 10.1. The van der Waals surface area contributed by atoms with E-state index in [1.165, 1.54) is 36.4 Å². The molecular formula is C18H19N7S. The second-order valence-corrected chi connectivity index (χ2v) is 7.43. The molecule has 8 heteroatoms. The van der Waals surface area contributed by atoms with Crippen LogP contribution in [0.1, 0.15) is 24.8 Å². The fourth-order valence-corrected chi connectivity index (χ4v) is 4.30. The summed E-state index contributed by atoms with van der Waals surface area (Å²) in [5.41, 5.74) is 3.93. The number of anilines is 2. The van der Waals surface area contributed by atoms with Crippen LogP contribution >= 0.6 is 11.5 Å². The van der Waals surface area contributed by atoms with E-state index in [9.17, 15) is 0 Å². The summed E-state index contributed by atoms with van der Waals surface area (Å²) >= 11 is 1.52. The number of fused-ring (bicyclic) bond motifs is 2. The summed E-state index contributed by atoms with van der Waals surface area (Å²) in [4.78, 5) is 11.4. The van der Waals surface area contributed by atoms with E-state index in [-0.39, 0.29) is 0 Å². The van der Waals surface area contributed by atoms with Crippen molar-refractivity contribution < 1.29 is 0 Å². The van der Waals surface area contributed by atoms with E-state index in [2.05, 4.69) is 34.8 Å². The summed E-state index contributed by atoms with van der Waals surface area (Å²) in [7, 11) is 0. The highest BCUT2D eigenvalue weighted by Gasteiger charge is 2.18. The molecule has 132 valence electrons. The first-order valence-electron chi connectivity index (χ1n) is 8.89. The second-order valence-electron chi connectivity index (χ2n) is 6.63. The molecule has 4 aromatic rings. The van der Waals surface area contributed by atoms with Gasteiger partial charge < -0.3 is 5.32 Å². The summed E-state index contributed by atoms with van der Waals surface area (Å²) in [6, 6.07) is 3.93. The number of rotatable bonds is 4. The standard InChI is InChI=1S/C18H19N7S/c1-2-7-25(8-3-1)11-13-14(9-20-15-10-21-26-16(13)15)22-18-12-5-4-6-19-17(12)23-24-18/h4-6,9-10H,1-3,7-8,11H2,(H2,19,22,23,24). The van der Waals surface area contributed by atoms with Gasteiger partial charge in [-0.15, -0.1) is 0 Å². The fourth-order valence-electron chi connectivity index (χ4n) is 3.56. The molecule has 0 aromatic carbocycles. The minimum absolute atomic E-state index is 0.708. The highest BCUT2D eigenvalue weighted by atomic mass is 32.1. The molecule has 0 unspecified atom stereocenters. The second kappa shape index (κ2) is 6.62. The predicted molar refractivity (Wildman–Crippen MR) is 104 cm³/mol. The van der Waals surface area contributed by atoms with Gasteiger partial charge in [-0.05, 0) is 49.6 Å². The molecular weight excluding hydrogens is 346 g/mol. The average Bonchev–Trinajstić information content (AvgIpc) is 3.32. The van der Waals surface area contributed by atoms with Crippen molar-refractivity contribution in [2.75, 3.05) is 18.4 Å². The Labute approximate surface area is 154 Å². The number of hydrogen-bond donors (Lipinski definition) is 2. The molecule has 0 bridgehead atoms. The Morgan fingerprint density at radius 3 is 3.00 bits per heavy atom. The Kier molecular flexibility index (Phi) is 3.99. The molecule has 5 heterocycles. The van der Waals surface area contributed by atoms with Crippen LogP contribution in [0.5, 0.6) is 0 Å². The van der Waals surface area contributed by atoms with Gasteiger partial charge in [-0.3, -0.25) is 15.0 Å². The molecule has 1 fully saturated rings. The summed E-state index contributed by atoms with van der Waals surface area (Å²) in [5, 5.41) is 11.8. The first-order valence-corrected chi connectivity index (χ1v) is 9.66. The third kappa shape index (κ3) is 2.81. The van der Waals surface area contributed by atoms with Crippen molar-refractivity contribution in [3.63, 3.8) is 0 Å². The summed E-state index contributed by atoms with van der Waals surface area (Å²) in [5.74, 6) is 0.846. The molecule has 7 nitrogen and oxygen atoms in total. The first kappa shape index (κ1) is 15.7. The average molecular weight is 365 g/mol. The molecule has 0 aliphatic carbocycles. The van der Waals surface area contributed by atoms with Crippen molar-refractivity contribution in [2.45, 2.75) is 25.8 Å². The van der Waals surface area contributed by atoms with Gasteiger partial charge in [-0.1, -0.05) is 6.42 Å². The first-order chi connectivity index (χ1) is 12.9. The van der Waals surface area contributed by atoms with Gasteiger partial charge in [-0.2, -0.15) is 9.47 Å². The number of hydrogen-bond acceptors (Lipinski definition) is 7. The number of likely N-dealkylation sites (tertiary alicyclic amines) is 1. The topological polar surface area (TPSA) is 82.6 Å². The molecule has 1 aliphatic heterocycles. The van der Waals surface area contributed by atoms with Crippen LogP contribution in [0.2, 0.25) is 0 Å². The van der Waals surface area contributed by atoms with E-state index in [1.807, 2.05) is 24.5 Å². The Morgan fingerprint density at radius 1 is 1.15 bits per heavy atom. The van der Waals surface area contributed by atoms with E-state index < -0.39 is 0 Å². The Bertz CT molecular complexity index is 1050. The molecule has 1 saturated heterocycles. The van der Waals surface area contributed by atoms with Gasteiger partial charge in [0.05, 0.1) is 28.2 Å². The zero-order valence-corrected chi connectivity index (χ0v) is 15.1. The quantitative estimate of drug-likeness (QED) is 0.574. The van der Waals surface area contributed by atoms with Gasteiger partial charge in [0.2, 0.25) is 0 Å². The molecule has 2 N–H and O–H groups in total. The lowest BCUT2D eigenvalue weighted by molar-refractivity contribution is 0.222. The minimum Gasteiger partial charge on any atom is -0.338 e. The van der Waals surface area contributed by atoms with Crippen LogP contribution in [0.15, 0.2) is 30.7 Å². The van der Waals surface area contributed by atoms with Gasteiger partial charge in [0.25, 0.3) is 0 Å². The number of nitrogens with zero attached hydrogens (tertiary/aromatic N) is 5. The lowest BCUT2D eigenvalue weighted by Gasteiger charge is -2.27. The van der Waals surface area contributed by atoms with Crippen LogP contribution in [-0.4, -0.2) is 42.5 Å². The highest BCUT2D eigenvalue weighted by Crippen LogP contribution is 2.32. The van der Waals surface area contributed by atoms with E-state index in [1.54, 1.807) is 6.20 Å². The number of H-pyrrole nitrogens is 1. The van der Waals surface area contributed by atoms with Crippen molar-refractivity contribution in [3.8, 4) is 0 Å². The summed E-state index contributed by atoms with van der Waals surface area (Å²) < 4.78 is 5.50. The van der Waals surface area contributed by atoms with E-state index in [0.717, 1.165) is 46.7 Å². The molecule has 26 heavy (non-hydrogen) atoms. The van der Waals surface area contributed by atoms with Crippen LogP contribution in [0, 0.1) is 0 Å². The fraction of sp³-hybridized carbons (Fsp3) is 0.333. The predicted octanol–water partition coefficient (Wildman–Crippen LogP) is 3.69. The number of aromatic nitrogens is 5. The molecule has 0 radical (unpaired) electrons. The highest BCUT2D eigenvalue weighted by molar-refractivity contribution is 7.13. The van der Waals surface area contributed by atoms with Crippen LogP contribution in [0.4, 0.5) is 11.5 Å². The molecule has 0 saturated carbocycles. The molecule has 0 spiro atoms. The van der Waals surface area contributed by atoms with Crippen LogP contribution in [-0.2, 0) is 6.54 Å². The third-order valence-electron chi connectivity index (χ3n) is 4.90. The maximum absolute atomic E-state index is 4.57. The SMILES string of the molecule is c1cnc2n[nH]c(Nc3cnc4cnsc4c3CN3CCCCC3)c2c1. The van der Waals surface area contributed by atoms with Crippen molar-refractivity contribution in [2.24, 2.45) is 0 Å². The van der Waals surface area contributed by atoms with Crippen molar-refractivity contribution in [1.82, 2.24) is 29.4 Å². The largest absolute Gasteiger partial charge is 0.338 e. The Hall–Kier alpha value is -2.58. The van der Waals surface area contributed by atoms with Gasteiger partial charge >= 0.3 is 0 Å². The third-order valence-corrected chi connectivity index (χ3v) is 5.75. The van der Waals surface area contributed by atoms with Crippen LogP contribution in [0.25, 0.3) is 21.3 Å². The number of aromatic amines is 1.